The molecule has 7 heteroatoms. The molecule has 0 saturated heterocycles. The number of amides is 2. The summed E-state index contributed by atoms with van der Waals surface area (Å²) in [5.74, 6) is -1.42. The first-order valence-corrected chi connectivity index (χ1v) is 9.24. The SMILES string of the molecule is O=C(NC1CCC1)[C@@H]1c2ccccc2CN1C(=O)c1cc(Cl)c(O)cc1O. The highest BCUT2D eigenvalue weighted by atomic mass is 35.5. The predicted molar refractivity (Wildman–Crippen MR) is 99.6 cm³/mol. The fourth-order valence-electron chi connectivity index (χ4n) is 3.57. The number of carbonyl (C=O) groups excluding carboxylic acids is 2. The van der Waals surface area contributed by atoms with Gasteiger partial charge in [-0.15, -0.1) is 0 Å². The lowest BCUT2D eigenvalue weighted by atomic mass is 9.92. The minimum Gasteiger partial charge on any atom is -0.507 e. The summed E-state index contributed by atoms with van der Waals surface area (Å²) in [4.78, 5) is 27.5. The summed E-state index contributed by atoms with van der Waals surface area (Å²) in [6, 6.07) is 9.07. The van der Waals surface area contributed by atoms with Crippen molar-refractivity contribution in [2.75, 3.05) is 0 Å². The van der Waals surface area contributed by atoms with Crippen molar-refractivity contribution in [1.29, 1.82) is 0 Å². The summed E-state index contributed by atoms with van der Waals surface area (Å²) < 4.78 is 0. The summed E-state index contributed by atoms with van der Waals surface area (Å²) in [6.45, 7) is 0.260. The maximum atomic E-state index is 13.1. The number of hydrogen-bond acceptors (Lipinski definition) is 4. The Morgan fingerprint density at radius 2 is 1.85 bits per heavy atom. The van der Waals surface area contributed by atoms with E-state index in [9.17, 15) is 19.8 Å². The number of nitrogens with zero attached hydrogens (tertiary/aromatic N) is 1. The average Bonchev–Trinajstić information content (AvgIpc) is 3.00. The van der Waals surface area contributed by atoms with Crippen molar-refractivity contribution in [3.05, 3.63) is 58.1 Å². The Morgan fingerprint density at radius 3 is 2.56 bits per heavy atom. The average molecular weight is 387 g/mol. The van der Waals surface area contributed by atoms with Crippen molar-refractivity contribution in [3.8, 4) is 11.5 Å². The van der Waals surface area contributed by atoms with E-state index in [1.807, 2.05) is 24.3 Å². The summed E-state index contributed by atoms with van der Waals surface area (Å²) in [7, 11) is 0. The Bertz CT molecular complexity index is 926. The highest BCUT2D eigenvalue weighted by Crippen LogP contribution is 2.38. The number of aromatic hydroxyl groups is 2. The number of nitrogens with one attached hydrogen (secondary N) is 1. The molecule has 1 saturated carbocycles. The van der Waals surface area contributed by atoms with Crippen molar-refractivity contribution >= 4 is 23.4 Å². The van der Waals surface area contributed by atoms with Crippen LogP contribution in [0.25, 0.3) is 0 Å². The topological polar surface area (TPSA) is 89.9 Å². The quantitative estimate of drug-likeness (QED) is 0.756. The van der Waals surface area contributed by atoms with Crippen LogP contribution in [-0.4, -0.2) is 33.0 Å². The van der Waals surface area contributed by atoms with Crippen LogP contribution in [0.4, 0.5) is 0 Å². The van der Waals surface area contributed by atoms with Crippen molar-refractivity contribution in [2.45, 2.75) is 37.9 Å². The number of benzene rings is 2. The zero-order valence-corrected chi connectivity index (χ0v) is 15.2. The van der Waals surface area contributed by atoms with E-state index in [-0.39, 0.29) is 40.6 Å². The molecule has 1 atom stereocenters. The Morgan fingerprint density at radius 1 is 1.11 bits per heavy atom. The molecular weight excluding hydrogens is 368 g/mol. The molecule has 0 bridgehead atoms. The number of phenols is 2. The van der Waals surface area contributed by atoms with Crippen LogP contribution in [-0.2, 0) is 11.3 Å². The number of hydrogen-bond donors (Lipinski definition) is 3. The standard InChI is InChI=1S/C20H19ClN2O4/c21-15-8-14(16(24)9-17(15)25)20(27)23-10-11-4-1-2-7-13(11)18(23)19(26)22-12-5-3-6-12/h1-2,4,7-9,12,18,24-25H,3,5-6,10H2,(H,22,26)/t18-/m0/s1. The van der Waals surface area contributed by atoms with E-state index in [1.54, 1.807) is 0 Å². The number of halogens is 1. The lowest BCUT2D eigenvalue weighted by Crippen LogP contribution is -2.46. The van der Waals surface area contributed by atoms with Gasteiger partial charge in [-0.1, -0.05) is 35.9 Å². The van der Waals surface area contributed by atoms with Crippen molar-refractivity contribution in [1.82, 2.24) is 10.2 Å². The van der Waals surface area contributed by atoms with Gasteiger partial charge < -0.3 is 20.4 Å². The summed E-state index contributed by atoms with van der Waals surface area (Å²) in [5.41, 5.74) is 1.63. The third-order valence-electron chi connectivity index (χ3n) is 5.26. The third kappa shape index (κ3) is 3.10. The molecular formula is C20H19ClN2O4. The van der Waals surface area contributed by atoms with Crippen LogP contribution in [0.3, 0.4) is 0 Å². The van der Waals surface area contributed by atoms with Gasteiger partial charge in [0.15, 0.2) is 0 Å². The minimum atomic E-state index is -0.763. The van der Waals surface area contributed by atoms with Crippen molar-refractivity contribution in [3.63, 3.8) is 0 Å². The molecule has 0 unspecified atom stereocenters. The van der Waals surface area contributed by atoms with Gasteiger partial charge in [-0.3, -0.25) is 9.59 Å². The Labute approximate surface area is 161 Å². The van der Waals surface area contributed by atoms with Gasteiger partial charge in [0.1, 0.15) is 17.5 Å². The first-order valence-electron chi connectivity index (χ1n) is 8.86. The van der Waals surface area contributed by atoms with Crippen LogP contribution >= 0.6 is 11.6 Å². The molecule has 1 fully saturated rings. The van der Waals surface area contributed by atoms with Gasteiger partial charge in [0, 0.05) is 18.7 Å². The van der Waals surface area contributed by atoms with Crippen LogP contribution in [0.15, 0.2) is 36.4 Å². The second-order valence-electron chi connectivity index (χ2n) is 6.99. The van der Waals surface area contributed by atoms with Crippen molar-refractivity contribution in [2.24, 2.45) is 0 Å². The first kappa shape index (κ1) is 17.7. The van der Waals surface area contributed by atoms with E-state index in [2.05, 4.69) is 5.32 Å². The monoisotopic (exact) mass is 386 g/mol. The fraction of sp³-hybridized carbons (Fsp3) is 0.300. The third-order valence-corrected chi connectivity index (χ3v) is 5.56. The highest BCUT2D eigenvalue weighted by molar-refractivity contribution is 6.32. The van der Waals surface area contributed by atoms with E-state index in [0.717, 1.165) is 36.5 Å². The van der Waals surface area contributed by atoms with Gasteiger partial charge in [0.05, 0.1) is 10.6 Å². The van der Waals surface area contributed by atoms with Gasteiger partial charge >= 0.3 is 0 Å². The molecule has 27 heavy (non-hydrogen) atoms. The predicted octanol–water partition coefficient (Wildman–Crippen LogP) is 3.12. The zero-order chi connectivity index (χ0) is 19.1. The Balaban J connectivity index is 1.69. The smallest absolute Gasteiger partial charge is 0.258 e. The fourth-order valence-corrected chi connectivity index (χ4v) is 3.73. The van der Waals surface area contributed by atoms with Gasteiger partial charge in [-0.05, 0) is 36.5 Å². The molecule has 2 aromatic rings. The summed E-state index contributed by atoms with van der Waals surface area (Å²) in [5, 5.41) is 22.7. The minimum absolute atomic E-state index is 0.0386. The normalized spacial score (nSPS) is 18.7. The number of rotatable bonds is 3. The highest BCUT2D eigenvalue weighted by Gasteiger charge is 2.40. The van der Waals surface area contributed by atoms with Crippen molar-refractivity contribution < 1.29 is 19.8 Å². The second-order valence-corrected chi connectivity index (χ2v) is 7.40. The molecule has 2 aliphatic rings. The maximum Gasteiger partial charge on any atom is 0.258 e. The van der Waals surface area contributed by atoms with Gasteiger partial charge in [-0.2, -0.15) is 0 Å². The molecule has 4 rings (SSSR count). The van der Waals surface area contributed by atoms with Crippen LogP contribution in [0.5, 0.6) is 11.5 Å². The second kappa shape index (κ2) is 6.78. The zero-order valence-electron chi connectivity index (χ0n) is 14.5. The van der Waals surface area contributed by atoms with E-state index < -0.39 is 11.9 Å². The lowest BCUT2D eigenvalue weighted by Gasteiger charge is -2.31. The van der Waals surface area contributed by atoms with Gasteiger partial charge in [0.2, 0.25) is 5.91 Å². The van der Waals surface area contributed by atoms with E-state index in [1.165, 1.54) is 11.0 Å². The lowest BCUT2D eigenvalue weighted by molar-refractivity contribution is -0.126. The maximum absolute atomic E-state index is 13.1. The van der Waals surface area contributed by atoms with Gasteiger partial charge in [-0.25, -0.2) is 0 Å². The summed E-state index contributed by atoms with van der Waals surface area (Å²) >= 11 is 5.91. The number of phenolic OH excluding ortho intramolecular Hbond substituents is 2. The van der Waals surface area contributed by atoms with Gasteiger partial charge in [0.25, 0.3) is 5.91 Å². The molecule has 1 heterocycles. The van der Waals surface area contributed by atoms with E-state index in [4.69, 9.17) is 11.6 Å². The molecule has 3 N–H and O–H groups in total. The molecule has 0 radical (unpaired) electrons. The molecule has 0 spiro atoms. The molecule has 6 nitrogen and oxygen atoms in total. The van der Waals surface area contributed by atoms with E-state index in [0.29, 0.717) is 0 Å². The van der Waals surface area contributed by atoms with Crippen LogP contribution in [0.2, 0.25) is 5.02 Å². The summed E-state index contributed by atoms with van der Waals surface area (Å²) in [6.07, 6.45) is 2.99. The van der Waals surface area contributed by atoms with E-state index >= 15 is 0 Å². The van der Waals surface area contributed by atoms with Crippen LogP contribution in [0.1, 0.15) is 46.8 Å². The first-order chi connectivity index (χ1) is 13.0. The van der Waals surface area contributed by atoms with Crippen LogP contribution in [0, 0.1) is 0 Å². The molecule has 0 aromatic heterocycles. The molecule has 1 aliphatic heterocycles. The molecule has 140 valence electrons. The number of carbonyl (C=O) groups is 2. The molecule has 1 aliphatic carbocycles. The number of fused-ring (bicyclic) bond motifs is 1. The van der Waals surface area contributed by atoms with Crippen LogP contribution < -0.4 is 5.32 Å². The molecule has 2 aromatic carbocycles. The Hall–Kier alpha value is -2.73. The largest absolute Gasteiger partial charge is 0.507 e. The Kier molecular flexibility index (Phi) is 4.44. The molecule has 2 amide bonds.